The third kappa shape index (κ3) is 3.67. The highest BCUT2D eigenvalue weighted by molar-refractivity contribution is 6.31. The molecule has 100 valence electrons. The largest absolute Gasteiger partial charge is 0.388 e. The molecule has 1 aromatic rings. The Morgan fingerprint density at radius 1 is 1.39 bits per heavy atom. The smallest absolute Gasteiger partial charge is 0.124 e. The number of benzene rings is 1. The van der Waals surface area contributed by atoms with E-state index in [0.717, 1.165) is 13.0 Å². The summed E-state index contributed by atoms with van der Waals surface area (Å²) in [7, 11) is 0. The molecule has 1 saturated heterocycles. The van der Waals surface area contributed by atoms with Crippen molar-refractivity contribution < 1.29 is 9.50 Å². The van der Waals surface area contributed by atoms with Gasteiger partial charge in [-0.1, -0.05) is 30.5 Å². The molecule has 1 aliphatic rings. The molecule has 1 heterocycles. The summed E-state index contributed by atoms with van der Waals surface area (Å²) < 4.78 is 12.9. The first-order valence-corrected chi connectivity index (χ1v) is 6.91. The molecule has 2 N–H and O–H groups in total. The van der Waals surface area contributed by atoms with Crippen LogP contribution in [-0.2, 0) is 0 Å². The van der Waals surface area contributed by atoms with E-state index in [1.165, 1.54) is 31.4 Å². The van der Waals surface area contributed by atoms with Crippen molar-refractivity contribution in [3.05, 3.63) is 34.6 Å². The van der Waals surface area contributed by atoms with E-state index in [2.05, 4.69) is 5.32 Å². The maximum atomic E-state index is 12.9. The van der Waals surface area contributed by atoms with Gasteiger partial charge in [0.2, 0.25) is 0 Å². The average molecular weight is 272 g/mol. The average Bonchev–Trinajstić information content (AvgIpc) is 2.57. The molecule has 0 aromatic heterocycles. The monoisotopic (exact) mass is 271 g/mol. The molecule has 1 fully saturated rings. The molecule has 0 saturated carbocycles. The number of hydrogen-bond donors (Lipinski definition) is 2. The summed E-state index contributed by atoms with van der Waals surface area (Å²) in [6, 6.07) is 4.48. The van der Waals surface area contributed by atoms with Crippen LogP contribution in [0.3, 0.4) is 0 Å². The van der Waals surface area contributed by atoms with Gasteiger partial charge in [-0.15, -0.1) is 0 Å². The lowest BCUT2D eigenvalue weighted by Crippen LogP contribution is -2.30. The summed E-state index contributed by atoms with van der Waals surface area (Å²) in [6.07, 6.45) is 4.72. The van der Waals surface area contributed by atoms with Crippen molar-refractivity contribution in [1.29, 1.82) is 0 Å². The van der Waals surface area contributed by atoms with Gasteiger partial charge in [0.05, 0.1) is 6.10 Å². The molecule has 0 amide bonds. The lowest BCUT2D eigenvalue weighted by atomic mass is 9.99. The van der Waals surface area contributed by atoms with E-state index in [9.17, 15) is 9.50 Å². The van der Waals surface area contributed by atoms with E-state index in [1.54, 1.807) is 6.07 Å². The van der Waals surface area contributed by atoms with Crippen molar-refractivity contribution in [1.82, 2.24) is 5.32 Å². The first-order chi connectivity index (χ1) is 8.66. The van der Waals surface area contributed by atoms with Crippen LogP contribution in [0.25, 0.3) is 0 Å². The quantitative estimate of drug-likeness (QED) is 0.883. The molecule has 0 spiro atoms. The molecule has 2 rings (SSSR count). The maximum Gasteiger partial charge on any atom is 0.124 e. The Labute approximate surface area is 112 Å². The van der Waals surface area contributed by atoms with E-state index in [4.69, 9.17) is 11.6 Å². The van der Waals surface area contributed by atoms with Gasteiger partial charge in [0.25, 0.3) is 0 Å². The fourth-order valence-corrected chi connectivity index (χ4v) is 2.76. The van der Waals surface area contributed by atoms with Gasteiger partial charge in [0.1, 0.15) is 5.82 Å². The summed E-state index contributed by atoms with van der Waals surface area (Å²) in [5.74, 6) is -0.372. The number of rotatable bonds is 3. The molecule has 2 nitrogen and oxygen atoms in total. The molecule has 2 atom stereocenters. The standard InChI is InChI=1S/C14H19ClFNO/c15-13-8-10(16)5-6-12(13)14(18)9-11-4-2-1-3-7-17-11/h5-6,8,11,14,17-18H,1-4,7,9H2. The molecule has 0 bridgehead atoms. The Balaban J connectivity index is 1.99. The minimum absolute atomic E-state index is 0.302. The van der Waals surface area contributed by atoms with Crippen molar-refractivity contribution >= 4 is 11.6 Å². The third-order valence-electron chi connectivity index (χ3n) is 3.49. The zero-order valence-electron chi connectivity index (χ0n) is 10.3. The van der Waals surface area contributed by atoms with Gasteiger partial charge in [-0.05, 0) is 43.5 Å². The SMILES string of the molecule is OC(CC1CCCCCN1)c1ccc(F)cc1Cl. The molecule has 18 heavy (non-hydrogen) atoms. The van der Waals surface area contributed by atoms with Crippen LogP contribution in [-0.4, -0.2) is 17.7 Å². The molecule has 0 aliphatic carbocycles. The Morgan fingerprint density at radius 3 is 3.00 bits per heavy atom. The second kappa shape index (κ2) is 6.50. The topological polar surface area (TPSA) is 32.3 Å². The molecular weight excluding hydrogens is 253 g/mol. The van der Waals surface area contributed by atoms with Crippen LogP contribution in [0.15, 0.2) is 18.2 Å². The second-order valence-electron chi connectivity index (χ2n) is 4.92. The van der Waals surface area contributed by atoms with Crippen molar-refractivity contribution in [2.24, 2.45) is 0 Å². The number of nitrogens with one attached hydrogen (secondary N) is 1. The summed E-state index contributed by atoms with van der Waals surface area (Å²) in [5, 5.41) is 13.9. The Hall–Kier alpha value is -0.640. The van der Waals surface area contributed by atoms with Gasteiger partial charge in [-0.2, -0.15) is 0 Å². The zero-order chi connectivity index (χ0) is 13.0. The molecule has 1 aliphatic heterocycles. The Bertz CT molecular complexity index is 391. The van der Waals surface area contributed by atoms with Gasteiger partial charge in [0, 0.05) is 11.1 Å². The van der Waals surface area contributed by atoms with Crippen molar-refractivity contribution in [2.45, 2.75) is 44.2 Å². The lowest BCUT2D eigenvalue weighted by Gasteiger charge is -2.20. The molecule has 2 unspecified atom stereocenters. The van der Waals surface area contributed by atoms with Crippen LogP contribution >= 0.6 is 11.6 Å². The number of aliphatic hydroxyl groups excluding tert-OH is 1. The normalized spacial score (nSPS) is 22.5. The van der Waals surface area contributed by atoms with Crippen molar-refractivity contribution in [3.63, 3.8) is 0 Å². The first-order valence-electron chi connectivity index (χ1n) is 6.53. The van der Waals surface area contributed by atoms with E-state index >= 15 is 0 Å². The highest BCUT2D eigenvalue weighted by Gasteiger charge is 2.19. The van der Waals surface area contributed by atoms with Crippen LogP contribution in [0.5, 0.6) is 0 Å². The van der Waals surface area contributed by atoms with Crippen molar-refractivity contribution in [3.8, 4) is 0 Å². The van der Waals surface area contributed by atoms with E-state index in [-0.39, 0.29) is 5.82 Å². The van der Waals surface area contributed by atoms with Gasteiger partial charge in [-0.25, -0.2) is 4.39 Å². The van der Waals surface area contributed by atoms with Crippen LogP contribution < -0.4 is 5.32 Å². The van der Waals surface area contributed by atoms with Crippen molar-refractivity contribution in [2.75, 3.05) is 6.54 Å². The van der Waals surface area contributed by atoms with Crippen LogP contribution in [0.2, 0.25) is 5.02 Å². The number of halogens is 2. The molecule has 0 radical (unpaired) electrons. The fourth-order valence-electron chi connectivity index (χ4n) is 2.47. The van der Waals surface area contributed by atoms with Gasteiger partial charge in [-0.3, -0.25) is 0 Å². The molecule has 4 heteroatoms. The van der Waals surface area contributed by atoms with Crippen LogP contribution in [0.4, 0.5) is 4.39 Å². The van der Waals surface area contributed by atoms with Crippen LogP contribution in [0.1, 0.15) is 43.8 Å². The van der Waals surface area contributed by atoms with Crippen LogP contribution in [0, 0.1) is 5.82 Å². The predicted octanol–water partition coefficient (Wildman–Crippen LogP) is 3.43. The third-order valence-corrected chi connectivity index (χ3v) is 3.82. The minimum atomic E-state index is -0.631. The lowest BCUT2D eigenvalue weighted by molar-refractivity contribution is 0.150. The summed E-state index contributed by atoms with van der Waals surface area (Å²) >= 11 is 5.95. The molecular formula is C14H19ClFNO. The zero-order valence-corrected chi connectivity index (χ0v) is 11.1. The Morgan fingerprint density at radius 2 is 2.22 bits per heavy atom. The van der Waals surface area contributed by atoms with Gasteiger partial charge in [0.15, 0.2) is 0 Å². The molecule has 1 aromatic carbocycles. The minimum Gasteiger partial charge on any atom is -0.388 e. The van der Waals surface area contributed by atoms with E-state index in [1.807, 2.05) is 0 Å². The number of hydrogen-bond acceptors (Lipinski definition) is 2. The second-order valence-corrected chi connectivity index (χ2v) is 5.32. The van der Waals surface area contributed by atoms with Gasteiger partial charge < -0.3 is 10.4 Å². The maximum absolute atomic E-state index is 12.9. The van der Waals surface area contributed by atoms with Gasteiger partial charge >= 0.3 is 0 Å². The fraction of sp³-hybridized carbons (Fsp3) is 0.571. The summed E-state index contributed by atoms with van der Waals surface area (Å²) in [4.78, 5) is 0. The predicted molar refractivity (Wildman–Crippen MR) is 71.2 cm³/mol. The summed E-state index contributed by atoms with van der Waals surface area (Å²) in [5.41, 5.74) is 0.615. The van der Waals surface area contributed by atoms with E-state index < -0.39 is 6.10 Å². The number of aliphatic hydroxyl groups is 1. The first kappa shape index (κ1) is 13.8. The van der Waals surface area contributed by atoms with E-state index in [0.29, 0.717) is 23.0 Å². The Kier molecular flexibility index (Phi) is 4.98. The summed E-state index contributed by atoms with van der Waals surface area (Å²) in [6.45, 7) is 1.01. The highest BCUT2D eigenvalue weighted by Crippen LogP contribution is 2.28. The highest BCUT2D eigenvalue weighted by atomic mass is 35.5.